The zero-order chi connectivity index (χ0) is 16.3. The van der Waals surface area contributed by atoms with Gasteiger partial charge < -0.3 is 10.1 Å². The fourth-order valence-electron chi connectivity index (χ4n) is 1.95. The maximum absolute atomic E-state index is 5.75. The summed E-state index contributed by atoms with van der Waals surface area (Å²) in [6.45, 7) is 3.42. The minimum atomic E-state index is 0.518. The van der Waals surface area contributed by atoms with Crippen molar-refractivity contribution in [3.8, 4) is 5.75 Å². The molecule has 0 saturated carbocycles. The monoisotopic (exact) mass is 327 g/mol. The van der Waals surface area contributed by atoms with Crippen LogP contribution in [-0.2, 0) is 6.42 Å². The number of hydrogen-bond acceptors (Lipinski definition) is 3. The normalized spacial score (nSPS) is 10.5. The molecular weight excluding hydrogens is 306 g/mol. The molecule has 0 bridgehead atoms. The smallest absolute Gasteiger partial charge is 0.186 e. The van der Waals surface area contributed by atoms with Crippen LogP contribution in [0.15, 0.2) is 59.7 Å². The SMILES string of the molecule is CCNC(=S)N/N=C/c1ccc(OCCc2ccccc2)cc1. The van der Waals surface area contributed by atoms with E-state index in [1.807, 2.05) is 49.4 Å². The van der Waals surface area contributed by atoms with E-state index in [1.54, 1.807) is 6.21 Å². The lowest BCUT2D eigenvalue weighted by molar-refractivity contribution is 0.322. The molecule has 0 fully saturated rings. The average Bonchev–Trinajstić information content (AvgIpc) is 2.57. The van der Waals surface area contributed by atoms with E-state index in [4.69, 9.17) is 17.0 Å². The van der Waals surface area contributed by atoms with E-state index in [2.05, 4.69) is 28.0 Å². The van der Waals surface area contributed by atoms with Gasteiger partial charge in [0.25, 0.3) is 0 Å². The first-order chi connectivity index (χ1) is 11.3. The Bertz CT molecular complexity index is 626. The highest BCUT2D eigenvalue weighted by Crippen LogP contribution is 2.11. The lowest BCUT2D eigenvalue weighted by Gasteiger charge is -2.06. The van der Waals surface area contributed by atoms with Gasteiger partial charge in [-0.3, -0.25) is 5.43 Å². The van der Waals surface area contributed by atoms with Crippen LogP contribution < -0.4 is 15.5 Å². The van der Waals surface area contributed by atoms with Gasteiger partial charge in [0, 0.05) is 13.0 Å². The molecule has 4 nitrogen and oxygen atoms in total. The molecule has 120 valence electrons. The minimum Gasteiger partial charge on any atom is -0.493 e. The van der Waals surface area contributed by atoms with Gasteiger partial charge in [-0.25, -0.2) is 0 Å². The molecule has 2 aromatic rings. The number of thiocarbonyl (C=S) groups is 1. The second kappa shape index (κ2) is 9.58. The molecule has 5 heteroatoms. The number of rotatable bonds is 7. The molecule has 0 aliphatic heterocycles. The van der Waals surface area contributed by atoms with Crippen LogP contribution in [0.25, 0.3) is 0 Å². The fourth-order valence-corrected chi connectivity index (χ4v) is 2.14. The maximum atomic E-state index is 5.75. The fraction of sp³-hybridized carbons (Fsp3) is 0.222. The predicted molar refractivity (Wildman–Crippen MR) is 99.1 cm³/mol. The van der Waals surface area contributed by atoms with Gasteiger partial charge in [0.15, 0.2) is 5.11 Å². The lowest BCUT2D eigenvalue weighted by atomic mass is 10.2. The number of hydrogen-bond donors (Lipinski definition) is 2. The molecule has 0 saturated heterocycles. The Kier molecular flexibility index (Phi) is 7.07. The summed E-state index contributed by atoms with van der Waals surface area (Å²) in [5.41, 5.74) is 5.01. The zero-order valence-electron chi connectivity index (χ0n) is 13.2. The van der Waals surface area contributed by atoms with E-state index in [0.29, 0.717) is 11.7 Å². The van der Waals surface area contributed by atoms with Gasteiger partial charge >= 0.3 is 0 Å². The number of nitrogens with one attached hydrogen (secondary N) is 2. The van der Waals surface area contributed by atoms with Crippen molar-refractivity contribution in [3.05, 3.63) is 65.7 Å². The summed E-state index contributed by atoms with van der Waals surface area (Å²) < 4.78 is 5.75. The quantitative estimate of drug-likeness (QED) is 0.466. The van der Waals surface area contributed by atoms with Crippen molar-refractivity contribution in [1.29, 1.82) is 0 Å². The molecule has 0 aromatic heterocycles. The van der Waals surface area contributed by atoms with Crippen LogP contribution in [0.2, 0.25) is 0 Å². The van der Waals surface area contributed by atoms with Gasteiger partial charge in [-0.05, 0) is 54.5 Å². The molecule has 0 amide bonds. The lowest BCUT2D eigenvalue weighted by Crippen LogP contribution is -2.31. The third-order valence-electron chi connectivity index (χ3n) is 3.10. The van der Waals surface area contributed by atoms with Gasteiger partial charge in [0.05, 0.1) is 12.8 Å². The molecule has 23 heavy (non-hydrogen) atoms. The number of ether oxygens (including phenoxy) is 1. The van der Waals surface area contributed by atoms with Crippen molar-refractivity contribution in [2.45, 2.75) is 13.3 Å². The maximum Gasteiger partial charge on any atom is 0.186 e. The second-order valence-corrected chi connectivity index (χ2v) is 5.29. The van der Waals surface area contributed by atoms with Crippen LogP contribution in [0.4, 0.5) is 0 Å². The Balaban J connectivity index is 1.75. The van der Waals surface area contributed by atoms with E-state index < -0.39 is 0 Å². The molecule has 0 radical (unpaired) electrons. The topological polar surface area (TPSA) is 45.7 Å². The Hall–Kier alpha value is -2.40. The van der Waals surface area contributed by atoms with Crippen molar-refractivity contribution >= 4 is 23.5 Å². The summed E-state index contributed by atoms with van der Waals surface area (Å²) in [7, 11) is 0. The van der Waals surface area contributed by atoms with Crippen LogP contribution in [-0.4, -0.2) is 24.5 Å². The van der Waals surface area contributed by atoms with Crippen molar-refractivity contribution in [2.24, 2.45) is 5.10 Å². The van der Waals surface area contributed by atoms with Gasteiger partial charge in [-0.2, -0.15) is 5.10 Å². The standard InChI is InChI=1S/C18H21N3OS/c1-2-19-18(23)21-20-14-16-8-10-17(11-9-16)22-13-12-15-6-4-3-5-7-15/h3-11,14H,2,12-13H2,1H3,(H2,19,21,23)/b20-14+. The summed E-state index contributed by atoms with van der Waals surface area (Å²) >= 11 is 5.02. The van der Waals surface area contributed by atoms with Crippen LogP contribution in [0.5, 0.6) is 5.75 Å². The number of hydrazone groups is 1. The summed E-state index contributed by atoms with van der Waals surface area (Å²) in [6, 6.07) is 18.1. The van der Waals surface area contributed by atoms with Crippen LogP contribution in [0.1, 0.15) is 18.1 Å². The van der Waals surface area contributed by atoms with Gasteiger partial charge in [-0.15, -0.1) is 0 Å². The van der Waals surface area contributed by atoms with Gasteiger partial charge in [-0.1, -0.05) is 30.3 Å². The molecule has 2 N–H and O–H groups in total. The second-order valence-electron chi connectivity index (χ2n) is 4.88. The highest BCUT2D eigenvalue weighted by Gasteiger charge is 1.96. The first-order valence-electron chi connectivity index (χ1n) is 7.61. The first-order valence-corrected chi connectivity index (χ1v) is 8.02. The molecule has 0 atom stereocenters. The molecule has 0 aliphatic carbocycles. The highest BCUT2D eigenvalue weighted by atomic mass is 32.1. The van der Waals surface area contributed by atoms with Gasteiger partial charge in [0.2, 0.25) is 0 Å². The number of benzene rings is 2. The van der Waals surface area contributed by atoms with E-state index in [0.717, 1.165) is 24.3 Å². The summed E-state index contributed by atoms with van der Waals surface area (Å²) in [6.07, 6.45) is 2.62. The van der Waals surface area contributed by atoms with E-state index in [1.165, 1.54) is 5.56 Å². The highest BCUT2D eigenvalue weighted by molar-refractivity contribution is 7.80. The number of nitrogens with zero attached hydrogens (tertiary/aromatic N) is 1. The zero-order valence-corrected chi connectivity index (χ0v) is 14.0. The first kappa shape index (κ1) is 17.0. The summed E-state index contributed by atoms with van der Waals surface area (Å²) in [5, 5.41) is 7.55. The van der Waals surface area contributed by atoms with Crippen molar-refractivity contribution in [1.82, 2.24) is 10.7 Å². The Morgan fingerprint density at radius 2 is 1.87 bits per heavy atom. The molecule has 0 unspecified atom stereocenters. The molecular formula is C18H21N3OS. The minimum absolute atomic E-state index is 0.518. The van der Waals surface area contributed by atoms with Crippen molar-refractivity contribution in [2.75, 3.05) is 13.2 Å². The van der Waals surface area contributed by atoms with Crippen LogP contribution in [0.3, 0.4) is 0 Å². The van der Waals surface area contributed by atoms with Crippen LogP contribution >= 0.6 is 12.2 Å². The Labute approximate surface area is 142 Å². The third-order valence-corrected chi connectivity index (χ3v) is 3.34. The van der Waals surface area contributed by atoms with Crippen LogP contribution in [0, 0.1) is 0 Å². The molecule has 2 aromatic carbocycles. The Morgan fingerprint density at radius 1 is 1.13 bits per heavy atom. The molecule has 0 heterocycles. The van der Waals surface area contributed by atoms with E-state index in [-0.39, 0.29) is 0 Å². The predicted octanol–water partition coefficient (Wildman–Crippen LogP) is 3.13. The summed E-state index contributed by atoms with van der Waals surface area (Å²) in [4.78, 5) is 0. The third kappa shape index (κ3) is 6.48. The van der Waals surface area contributed by atoms with Crippen molar-refractivity contribution < 1.29 is 4.74 Å². The molecule has 0 aliphatic rings. The Morgan fingerprint density at radius 3 is 2.57 bits per heavy atom. The van der Waals surface area contributed by atoms with Gasteiger partial charge in [0.1, 0.15) is 5.75 Å². The summed E-state index contributed by atoms with van der Waals surface area (Å²) in [5.74, 6) is 0.856. The molecule has 0 spiro atoms. The molecule has 2 rings (SSSR count). The average molecular weight is 327 g/mol. The van der Waals surface area contributed by atoms with E-state index in [9.17, 15) is 0 Å². The van der Waals surface area contributed by atoms with Crippen molar-refractivity contribution in [3.63, 3.8) is 0 Å². The largest absolute Gasteiger partial charge is 0.493 e. The van der Waals surface area contributed by atoms with E-state index >= 15 is 0 Å².